The molecule has 0 saturated heterocycles. The molecule has 1 aliphatic rings. The minimum atomic E-state index is -6.91. The molecule has 0 bridgehead atoms. The van der Waals surface area contributed by atoms with Crippen molar-refractivity contribution in [3.8, 4) is 0 Å². The summed E-state index contributed by atoms with van der Waals surface area (Å²) in [6.07, 6.45) is -12.4. The van der Waals surface area contributed by atoms with Crippen LogP contribution in [0.25, 0.3) is 5.57 Å². The van der Waals surface area contributed by atoms with Gasteiger partial charge in [0.15, 0.2) is 0 Å². The van der Waals surface area contributed by atoms with Crippen molar-refractivity contribution in [3.63, 3.8) is 0 Å². The molecular weight excluding hydrogens is 598 g/mol. The Bertz CT molecular complexity index is 1220. The fourth-order valence-corrected chi connectivity index (χ4v) is 2.87. The Morgan fingerprint density at radius 2 is 1.23 bits per heavy atom. The van der Waals surface area contributed by atoms with E-state index < -0.39 is 70.9 Å². The highest BCUT2D eigenvalue weighted by atomic mass is 19.4. The molecule has 0 saturated carbocycles. The van der Waals surface area contributed by atoms with Crippen LogP contribution in [0, 0.1) is 0 Å². The Morgan fingerprint density at radius 3 is 1.70 bits per heavy atom. The molecule has 0 aliphatic heterocycles. The standard InChI is InChI=1S/C20H12F14N2O4/c21-15(22,17(25,26)19(29,30)31)12(37)35-10-3-1-2-8(6-10)9-4-5-14(39,40)11(7-9)36-13(38)16(23,24)18(27,28)20(32,33)34/h1-7,11,39-40H,(H,35,37)(H,36,38). The van der Waals surface area contributed by atoms with E-state index in [-0.39, 0.29) is 11.6 Å². The average molecular weight is 610 g/mol. The number of halogens is 14. The van der Waals surface area contributed by atoms with E-state index in [1.54, 1.807) is 0 Å². The number of hydrogen-bond acceptors (Lipinski definition) is 4. The second kappa shape index (κ2) is 9.89. The lowest BCUT2D eigenvalue weighted by Crippen LogP contribution is -2.63. The van der Waals surface area contributed by atoms with E-state index in [4.69, 9.17) is 0 Å². The van der Waals surface area contributed by atoms with Gasteiger partial charge in [-0.1, -0.05) is 18.2 Å². The Morgan fingerprint density at radius 1 is 0.750 bits per heavy atom. The van der Waals surface area contributed by atoms with E-state index in [1.807, 2.05) is 0 Å². The molecular formula is C20H12F14N2O4. The number of allylic oxidation sites excluding steroid dienone is 2. The number of alkyl halides is 14. The van der Waals surface area contributed by atoms with Crippen LogP contribution in [0.4, 0.5) is 67.2 Å². The van der Waals surface area contributed by atoms with Gasteiger partial charge < -0.3 is 20.8 Å². The molecule has 4 N–H and O–H groups in total. The maximum absolute atomic E-state index is 13.6. The normalized spacial score (nSPS) is 18.7. The Balaban J connectivity index is 2.37. The van der Waals surface area contributed by atoms with Crippen LogP contribution in [0.2, 0.25) is 0 Å². The van der Waals surface area contributed by atoms with E-state index in [1.165, 1.54) is 0 Å². The van der Waals surface area contributed by atoms with Crippen LogP contribution in [0.5, 0.6) is 0 Å². The molecule has 0 fully saturated rings. The summed E-state index contributed by atoms with van der Waals surface area (Å²) >= 11 is 0. The summed E-state index contributed by atoms with van der Waals surface area (Å²) < 4.78 is 181. The third-order valence-electron chi connectivity index (χ3n) is 5.12. The van der Waals surface area contributed by atoms with Crippen LogP contribution >= 0.6 is 0 Å². The maximum atomic E-state index is 13.6. The van der Waals surface area contributed by atoms with Crippen LogP contribution < -0.4 is 10.6 Å². The second-order valence-electron chi connectivity index (χ2n) is 8.02. The number of benzene rings is 1. The molecule has 6 nitrogen and oxygen atoms in total. The molecule has 0 heterocycles. The quantitative estimate of drug-likeness (QED) is 0.272. The van der Waals surface area contributed by atoms with Crippen molar-refractivity contribution in [2.45, 2.75) is 47.9 Å². The Labute approximate surface area is 211 Å². The summed E-state index contributed by atoms with van der Waals surface area (Å²) in [6, 6.07) is 0.510. The maximum Gasteiger partial charge on any atom is 0.460 e. The molecule has 0 radical (unpaired) electrons. The largest absolute Gasteiger partial charge is 0.460 e. The van der Waals surface area contributed by atoms with Gasteiger partial charge in [-0.2, -0.15) is 61.5 Å². The minimum absolute atomic E-state index is 0.288. The number of nitrogens with one attached hydrogen (secondary N) is 2. The summed E-state index contributed by atoms with van der Waals surface area (Å²) in [7, 11) is 0. The third kappa shape index (κ3) is 5.72. The first kappa shape index (κ1) is 32.8. The Hall–Kier alpha value is -3.42. The number of aliphatic hydroxyl groups is 2. The molecule has 0 spiro atoms. The second-order valence-corrected chi connectivity index (χ2v) is 8.02. The van der Waals surface area contributed by atoms with Crippen LogP contribution in [0.1, 0.15) is 5.56 Å². The van der Waals surface area contributed by atoms with E-state index >= 15 is 0 Å². The summed E-state index contributed by atoms with van der Waals surface area (Å²) in [6.45, 7) is 0. The van der Waals surface area contributed by atoms with Crippen molar-refractivity contribution in [3.05, 3.63) is 48.1 Å². The topological polar surface area (TPSA) is 98.7 Å². The van der Waals surface area contributed by atoms with Crippen molar-refractivity contribution < 1.29 is 81.3 Å². The lowest BCUT2D eigenvalue weighted by Gasteiger charge is -2.33. The molecule has 2 rings (SSSR count). The van der Waals surface area contributed by atoms with E-state index in [0.29, 0.717) is 24.3 Å². The zero-order valence-electron chi connectivity index (χ0n) is 18.6. The molecule has 1 atom stereocenters. The molecule has 0 aromatic heterocycles. The van der Waals surface area contributed by atoms with Crippen molar-refractivity contribution in [2.75, 3.05) is 5.32 Å². The van der Waals surface area contributed by atoms with Gasteiger partial charge in [-0.15, -0.1) is 0 Å². The van der Waals surface area contributed by atoms with E-state index in [0.717, 1.165) is 22.8 Å². The van der Waals surface area contributed by atoms with Gasteiger partial charge in [0.25, 0.3) is 5.91 Å². The first-order chi connectivity index (χ1) is 17.7. The van der Waals surface area contributed by atoms with Crippen LogP contribution in [0.15, 0.2) is 42.5 Å². The van der Waals surface area contributed by atoms with Gasteiger partial charge in [0, 0.05) is 5.69 Å². The fraction of sp³-hybridized carbons (Fsp3) is 0.400. The van der Waals surface area contributed by atoms with Gasteiger partial charge in [-0.05, 0) is 35.4 Å². The van der Waals surface area contributed by atoms with Gasteiger partial charge in [0.1, 0.15) is 6.04 Å². The molecule has 1 aliphatic carbocycles. The predicted octanol–water partition coefficient (Wildman–Crippen LogP) is 4.41. The molecule has 20 heteroatoms. The summed E-state index contributed by atoms with van der Waals surface area (Å²) in [5, 5.41) is 21.6. The number of amides is 2. The van der Waals surface area contributed by atoms with Crippen LogP contribution in [-0.4, -0.2) is 69.9 Å². The van der Waals surface area contributed by atoms with Gasteiger partial charge >= 0.3 is 41.9 Å². The summed E-state index contributed by atoms with van der Waals surface area (Å²) in [4.78, 5) is 23.1. The fourth-order valence-electron chi connectivity index (χ4n) is 2.87. The van der Waals surface area contributed by atoms with Crippen molar-refractivity contribution in [1.82, 2.24) is 5.32 Å². The van der Waals surface area contributed by atoms with Crippen molar-refractivity contribution in [1.29, 1.82) is 0 Å². The number of anilines is 1. The smallest absolute Gasteiger partial charge is 0.361 e. The molecule has 40 heavy (non-hydrogen) atoms. The van der Waals surface area contributed by atoms with Crippen molar-refractivity contribution in [2.24, 2.45) is 0 Å². The SMILES string of the molecule is O=C(Nc1cccc(C2=CC(NC(=O)C(F)(F)C(F)(F)C(F)(F)F)C(O)(O)C=C2)c1)C(F)(F)C(F)(F)C(F)(F)F. The van der Waals surface area contributed by atoms with Gasteiger partial charge in [0.05, 0.1) is 0 Å². The number of rotatable bonds is 7. The van der Waals surface area contributed by atoms with Gasteiger partial charge in [-0.3, -0.25) is 9.59 Å². The lowest BCUT2D eigenvalue weighted by atomic mass is 9.92. The Kier molecular flexibility index (Phi) is 8.11. The first-order valence-electron chi connectivity index (χ1n) is 9.93. The number of carbonyl (C=O) groups is 2. The van der Waals surface area contributed by atoms with Crippen LogP contribution in [0.3, 0.4) is 0 Å². The van der Waals surface area contributed by atoms with Crippen molar-refractivity contribution >= 4 is 23.1 Å². The molecule has 224 valence electrons. The zero-order valence-corrected chi connectivity index (χ0v) is 18.6. The highest BCUT2D eigenvalue weighted by molar-refractivity contribution is 5.97. The number of carbonyl (C=O) groups excluding carboxylic acids is 2. The monoisotopic (exact) mass is 610 g/mol. The van der Waals surface area contributed by atoms with Gasteiger partial charge in [0.2, 0.25) is 5.79 Å². The zero-order chi connectivity index (χ0) is 31.3. The molecule has 1 aromatic rings. The highest BCUT2D eigenvalue weighted by Gasteiger charge is 2.77. The van der Waals surface area contributed by atoms with E-state index in [9.17, 15) is 81.3 Å². The summed E-state index contributed by atoms with van der Waals surface area (Å²) in [5.74, 6) is -36.3. The predicted molar refractivity (Wildman–Crippen MR) is 103 cm³/mol. The highest BCUT2D eigenvalue weighted by Crippen LogP contribution is 2.48. The minimum Gasteiger partial charge on any atom is -0.361 e. The summed E-state index contributed by atoms with van der Waals surface area (Å²) in [5.41, 5.74) is -1.73. The molecule has 1 unspecified atom stereocenters. The first-order valence-corrected chi connectivity index (χ1v) is 9.93. The average Bonchev–Trinajstić information content (AvgIpc) is 2.78. The molecule has 2 amide bonds. The van der Waals surface area contributed by atoms with E-state index in [2.05, 4.69) is 0 Å². The lowest BCUT2D eigenvalue weighted by molar-refractivity contribution is -0.344. The molecule has 1 aromatic carbocycles. The number of hydrogen-bond donors (Lipinski definition) is 4. The third-order valence-corrected chi connectivity index (χ3v) is 5.12. The van der Waals surface area contributed by atoms with Gasteiger partial charge in [-0.25, -0.2) is 0 Å². The van der Waals surface area contributed by atoms with Crippen LogP contribution in [-0.2, 0) is 9.59 Å².